The molecule has 0 radical (unpaired) electrons. The lowest BCUT2D eigenvalue weighted by Crippen LogP contribution is -2.35. The van der Waals surface area contributed by atoms with Crippen molar-refractivity contribution >= 4 is 28.5 Å². The van der Waals surface area contributed by atoms with Crippen LogP contribution in [-0.2, 0) is 28.9 Å². The molecule has 1 aliphatic rings. The van der Waals surface area contributed by atoms with E-state index in [4.69, 9.17) is 4.42 Å². The topological polar surface area (TPSA) is 62.6 Å². The van der Waals surface area contributed by atoms with E-state index < -0.39 is 0 Å². The zero-order valence-electron chi connectivity index (χ0n) is 15.6. The number of likely N-dealkylation sites (N-methyl/N-ethyl adjacent to an activating group) is 1. The molecular weight excluding hydrogens is 359 g/mol. The van der Waals surface area contributed by atoms with Gasteiger partial charge in [-0.25, -0.2) is 4.39 Å². The van der Waals surface area contributed by atoms with Crippen LogP contribution in [0, 0.1) is 5.82 Å². The van der Waals surface area contributed by atoms with Gasteiger partial charge in [-0.3, -0.25) is 9.59 Å². The number of nitrogens with one attached hydrogen (secondary N) is 1. The van der Waals surface area contributed by atoms with Crippen molar-refractivity contribution in [3.63, 3.8) is 0 Å². The number of benzene rings is 2. The monoisotopic (exact) mass is 380 g/mol. The van der Waals surface area contributed by atoms with Crippen LogP contribution in [0.5, 0.6) is 0 Å². The van der Waals surface area contributed by atoms with Gasteiger partial charge in [-0.05, 0) is 66.8 Å². The summed E-state index contributed by atoms with van der Waals surface area (Å²) in [5, 5.41) is 3.62. The number of halogens is 1. The average molecular weight is 380 g/mol. The molecule has 3 aromatic rings. The Kier molecular flexibility index (Phi) is 4.86. The van der Waals surface area contributed by atoms with E-state index in [1.807, 2.05) is 0 Å². The minimum Gasteiger partial charge on any atom is -0.464 e. The van der Waals surface area contributed by atoms with Crippen LogP contribution in [0.25, 0.3) is 11.0 Å². The Morgan fingerprint density at radius 3 is 2.61 bits per heavy atom. The summed E-state index contributed by atoms with van der Waals surface area (Å²) in [6.45, 7) is -0.0820. The Labute approximate surface area is 162 Å². The van der Waals surface area contributed by atoms with E-state index in [0.29, 0.717) is 5.69 Å². The minimum atomic E-state index is -0.372. The molecule has 1 aromatic heterocycles. The third-order valence-electron chi connectivity index (χ3n) is 5.14. The first-order valence-electron chi connectivity index (χ1n) is 9.31. The number of hydrogen-bond donors (Lipinski definition) is 1. The fraction of sp³-hybridized carbons (Fsp3) is 0.273. The number of rotatable bonds is 5. The van der Waals surface area contributed by atoms with Gasteiger partial charge in [0.1, 0.15) is 11.4 Å². The van der Waals surface area contributed by atoms with Crippen molar-refractivity contribution in [1.82, 2.24) is 4.90 Å². The highest BCUT2D eigenvalue weighted by Crippen LogP contribution is 2.30. The summed E-state index contributed by atoms with van der Waals surface area (Å²) in [5.41, 5.74) is 4.78. The SMILES string of the molecule is CN(CC(=O)Nc1ccc(F)cc1)C(=O)Cc1coc2cc3c(cc12)CCC3. The summed E-state index contributed by atoms with van der Waals surface area (Å²) < 4.78 is 18.6. The van der Waals surface area contributed by atoms with E-state index in [1.54, 1.807) is 13.3 Å². The maximum atomic E-state index is 12.9. The number of aryl methyl sites for hydroxylation is 2. The molecule has 2 aromatic carbocycles. The van der Waals surface area contributed by atoms with Crippen molar-refractivity contribution in [2.45, 2.75) is 25.7 Å². The zero-order valence-corrected chi connectivity index (χ0v) is 15.6. The summed E-state index contributed by atoms with van der Waals surface area (Å²) in [4.78, 5) is 26.1. The van der Waals surface area contributed by atoms with Crippen molar-refractivity contribution in [3.05, 3.63) is 65.2 Å². The van der Waals surface area contributed by atoms with Crippen LogP contribution in [0.3, 0.4) is 0 Å². The van der Waals surface area contributed by atoms with Gasteiger partial charge >= 0.3 is 0 Å². The van der Waals surface area contributed by atoms with Crippen LogP contribution in [0.4, 0.5) is 10.1 Å². The van der Waals surface area contributed by atoms with Crippen molar-refractivity contribution in [1.29, 1.82) is 0 Å². The number of anilines is 1. The molecular formula is C22H21FN2O3. The molecule has 1 N–H and O–H groups in total. The Bertz CT molecular complexity index is 1040. The lowest BCUT2D eigenvalue weighted by Gasteiger charge is -2.16. The van der Waals surface area contributed by atoms with Crippen molar-refractivity contribution < 1.29 is 18.4 Å². The number of hydrogen-bond acceptors (Lipinski definition) is 3. The second-order valence-corrected chi connectivity index (χ2v) is 7.21. The van der Waals surface area contributed by atoms with Crippen molar-refractivity contribution in [2.24, 2.45) is 0 Å². The maximum absolute atomic E-state index is 12.9. The van der Waals surface area contributed by atoms with Gasteiger partial charge < -0.3 is 14.6 Å². The summed E-state index contributed by atoms with van der Waals surface area (Å²) in [7, 11) is 1.59. The molecule has 0 saturated heterocycles. The fourth-order valence-corrected chi connectivity index (χ4v) is 3.62. The minimum absolute atomic E-state index is 0.0820. The predicted molar refractivity (Wildman–Crippen MR) is 105 cm³/mol. The normalized spacial score (nSPS) is 12.8. The Morgan fingerprint density at radius 2 is 1.86 bits per heavy atom. The smallest absolute Gasteiger partial charge is 0.243 e. The van der Waals surface area contributed by atoms with Gasteiger partial charge in [0.15, 0.2) is 0 Å². The molecule has 0 bridgehead atoms. The van der Waals surface area contributed by atoms with Crippen molar-refractivity contribution in [2.75, 3.05) is 18.9 Å². The van der Waals surface area contributed by atoms with E-state index in [1.165, 1.54) is 40.3 Å². The molecule has 28 heavy (non-hydrogen) atoms. The predicted octanol–water partition coefficient (Wildman–Crippen LogP) is 3.70. The molecule has 0 spiro atoms. The Balaban J connectivity index is 1.39. The number of carbonyl (C=O) groups excluding carboxylic acids is 2. The molecule has 4 rings (SSSR count). The van der Waals surface area contributed by atoms with Crippen molar-refractivity contribution in [3.8, 4) is 0 Å². The molecule has 0 fully saturated rings. The van der Waals surface area contributed by atoms with Crippen LogP contribution in [0.1, 0.15) is 23.1 Å². The molecule has 0 unspecified atom stereocenters. The molecule has 6 heteroatoms. The second kappa shape index (κ2) is 7.46. The van der Waals surface area contributed by atoms with E-state index >= 15 is 0 Å². The largest absolute Gasteiger partial charge is 0.464 e. The first-order valence-corrected chi connectivity index (χ1v) is 9.31. The Hall–Kier alpha value is -3.15. The third kappa shape index (κ3) is 3.76. The highest BCUT2D eigenvalue weighted by Gasteiger charge is 2.19. The van der Waals surface area contributed by atoms with Gasteiger partial charge in [0.25, 0.3) is 0 Å². The van der Waals surface area contributed by atoms with Gasteiger partial charge in [0, 0.05) is 23.7 Å². The molecule has 1 aliphatic carbocycles. The summed E-state index contributed by atoms with van der Waals surface area (Å²) in [5.74, 6) is -0.877. The van der Waals surface area contributed by atoms with Gasteiger partial charge in [0.2, 0.25) is 11.8 Å². The van der Waals surface area contributed by atoms with E-state index in [9.17, 15) is 14.0 Å². The molecule has 5 nitrogen and oxygen atoms in total. The first kappa shape index (κ1) is 18.2. The number of carbonyl (C=O) groups is 2. The molecule has 0 aliphatic heterocycles. The van der Waals surface area contributed by atoms with Crippen LogP contribution in [-0.4, -0.2) is 30.3 Å². The van der Waals surface area contributed by atoms with E-state index in [0.717, 1.165) is 35.8 Å². The maximum Gasteiger partial charge on any atom is 0.243 e. The van der Waals surface area contributed by atoms with E-state index in [-0.39, 0.29) is 30.6 Å². The fourth-order valence-electron chi connectivity index (χ4n) is 3.62. The number of amides is 2. The van der Waals surface area contributed by atoms with Gasteiger partial charge in [0.05, 0.1) is 19.2 Å². The van der Waals surface area contributed by atoms with Gasteiger partial charge in [-0.15, -0.1) is 0 Å². The Morgan fingerprint density at radius 1 is 1.14 bits per heavy atom. The van der Waals surface area contributed by atoms with Crippen LogP contribution in [0.2, 0.25) is 0 Å². The average Bonchev–Trinajstić information content (AvgIpc) is 3.28. The highest BCUT2D eigenvalue weighted by molar-refractivity contribution is 5.95. The van der Waals surface area contributed by atoms with E-state index in [2.05, 4.69) is 17.4 Å². The number of furan rings is 1. The standard InChI is InChI=1S/C22H21FN2O3/c1-25(12-21(26)24-18-7-5-17(23)6-8-18)22(27)11-16-13-28-20-10-15-4-2-3-14(15)9-19(16)20/h5-10,13H,2-4,11-12H2,1H3,(H,24,26). The van der Waals surface area contributed by atoms with Crippen LogP contribution < -0.4 is 5.32 Å². The highest BCUT2D eigenvalue weighted by atomic mass is 19.1. The molecule has 1 heterocycles. The van der Waals surface area contributed by atoms with Crippen LogP contribution >= 0.6 is 0 Å². The molecule has 0 atom stereocenters. The van der Waals surface area contributed by atoms with Crippen LogP contribution in [0.15, 0.2) is 47.1 Å². The number of fused-ring (bicyclic) bond motifs is 2. The summed E-state index contributed by atoms with van der Waals surface area (Å²) in [6, 6.07) is 9.70. The summed E-state index contributed by atoms with van der Waals surface area (Å²) >= 11 is 0. The lowest BCUT2D eigenvalue weighted by atomic mass is 10.0. The zero-order chi connectivity index (χ0) is 19.7. The molecule has 0 saturated carbocycles. The quantitative estimate of drug-likeness (QED) is 0.734. The first-order chi connectivity index (χ1) is 13.5. The third-order valence-corrected chi connectivity index (χ3v) is 5.14. The number of nitrogens with zero attached hydrogens (tertiary/aromatic N) is 1. The molecule has 2 amide bonds. The van der Waals surface area contributed by atoms with Gasteiger partial charge in [-0.1, -0.05) is 0 Å². The molecule has 144 valence electrons. The second-order valence-electron chi connectivity index (χ2n) is 7.21. The lowest BCUT2D eigenvalue weighted by molar-refractivity contribution is -0.132. The summed E-state index contributed by atoms with van der Waals surface area (Å²) in [6.07, 6.45) is 5.10. The van der Waals surface area contributed by atoms with Gasteiger partial charge in [-0.2, -0.15) is 0 Å².